The molecule has 1 N–H and O–H groups in total. The first-order chi connectivity index (χ1) is 11.2. The summed E-state index contributed by atoms with van der Waals surface area (Å²) in [5.74, 6) is -0.121. The zero-order chi connectivity index (χ0) is 16.1. The van der Waals surface area contributed by atoms with Crippen LogP contribution in [0.15, 0.2) is 67.0 Å². The van der Waals surface area contributed by atoms with Gasteiger partial charge >= 0.3 is 0 Å². The molecule has 0 atom stereocenters. The minimum Gasteiger partial charge on any atom is -0.319 e. The van der Waals surface area contributed by atoms with Crippen molar-refractivity contribution in [2.45, 2.75) is 13.0 Å². The number of aromatic nitrogens is 2. The van der Waals surface area contributed by atoms with Gasteiger partial charge in [-0.15, -0.1) is 0 Å². The van der Waals surface area contributed by atoms with Crippen molar-refractivity contribution >= 4 is 34.2 Å². The lowest BCUT2D eigenvalue weighted by molar-refractivity contribution is 0.102. The minimum atomic E-state index is -0.121. The van der Waals surface area contributed by atoms with Crippen LogP contribution in [-0.2, 0) is 13.0 Å². The van der Waals surface area contributed by atoms with Gasteiger partial charge in [-0.2, -0.15) is 5.10 Å². The van der Waals surface area contributed by atoms with Gasteiger partial charge in [-0.05, 0) is 58.8 Å². The zero-order valence-corrected chi connectivity index (χ0v) is 14.6. The van der Waals surface area contributed by atoms with Crippen molar-refractivity contribution in [2.24, 2.45) is 0 Å². The lowest BCUT2D eigenvalue weighted by Crippen LogP contribution is -2.11. The monoisotopic (exact) mass is 417 g/mol. The lowest BCUT2D eigenvalue weighted by atomic mass is 10.1. The molecule has 0 radical (unpaired) electrons. The van der Waals surface area contributed by atoms with Crippen LogP contribution in [0.5, 0.6) is 0 Å². The second-order valence-corrected chi connectivity index (χ2v) is 6.43. The fourth-order valence-electron chi connectivity index (χ4n) is 2.24. The molecule has 0 aliphatic rings. The quantitative estimate of drug-likeness (QED) is 0.639. The van der Waals surface area contributed by atoms with Crippen molar-refractivity contribution in [1.29, 1.82) is 0 Å². The Hall–Kier alpha value is -2.15. The molecule has 1 heterocycles. The molecule has 0 saturated carbocycles. The first-order valence-electron chi connectivity index (χ1n) is 7.34. The maximum absolute atomic E-state index is 12.2. The molecule has 0 aliphatic carbocycles. The molecule has 0 fully saturated rings. The van der Waals surface area contributed by atoms with Crippen molar-refractivity contribution in [1.82, 2.24) is 9.78 Å². The predicted octanol–water partition coefficient (Wildman–Crippen LogP) is 3.98. The molecular weight excluding hydrogens is 401 g/mol. The second-order valence-electron chi connectivity index (χ2n) is 5.19. The summed E-state index contributed by atoms with van der Waals surface area (Å²) in [6.45, 7) is 0.781. The molecule has 1 amide bonds. The number of halogens is 1. The van der Waals surface area contributed by atoms with Gasteiger partial charge in [0.25, 0.3) is 5.91 Å². The van der Waals surface area contributed by atoms with E-state index < -0.39 is 0 Å². The van der Waals surface area contributed by atoms with E-state index >= 15 is 0 Å². The average Bonchev–Trinajstić information content (AvgIpc) is 3.02. The number of hydrogen-bond donors (Lipinski definition) is 1. The zero-order valence-electron chi connectivity index (χ0n) is 12.4. The van der Waals surface area contributed by atoms with Crippen molar-refractivity contribution in [3.8, 4) is 0 Å². The fraction of sp³-hybridized carbons (Fsp3) is 0.111. The van der Waals surface area contributed by atoms with Gasteiger partial charge < -0.3 is 5.32 Å². The summed E-state index contributed by atoms with van der Waals surface area (Å²) in [4.78, 5) is 12.2. The molecular formula is C18H16IN3O. The van der Waals surface area contributed by atoms with Gasteiger partial charge in [-0.25, -0.2) is 0 Å². The van der Waals surface area contributed by atoms with E-state index in [1.54, 1.807) is 6.20 Å². The number of aryl methyl sites for hydroxylation is 2. The third-order valence-corrected chi connectivity index (χ3v) is 4.19. The topological polar surface area (TPSA) is 46.9 Å². The van der Waals surface area contributed by atoms with Gasteiger partial charge in [0, 0.05) is 21.9 Å². The Kier molecular flexibility index (Phi) is 5.07. The van der Waals surface area contributed by atoms with Crippen LogP contribution >= 0.6 is 22.6 Å². The number of benzene rings is 2. The van der Waals surface area contributed by atoms with Crippen LogP contribution in [0.25, 0.3) is 0 Å². The van der Waals surface area contributed by atoms with Crippen LogP contribution in [-0.4, -0.2) is 15.7 Å². The summed E-state index contributed by atoms with van der Waals surface area (Å²) >= 11 is 2.22. The van der Waals surface area contributed by atoms with Crippen molar-refractivity contribution < 1.29 is 4.79 Å². The first-order valence-corrected chi connectivity index (χ1v) is 8.42. The first kappa shape index (κ1) is 15.7. The standard InChI is InChI=1S/C18H16IN3O/c19-16-8-6-15(7-9-16)18(23)21-17-12-20-22(13-17)11-10-14-4-2-1-3-5-14/h1-9,12-13H,10-11H2,(H,21,23). The Morgan fingerprint density at radius 1 is 1.09 bits per heavy atom. The van der Waals surface area contributed by atoms with E-state index in [0.717, 1.165) is 16.5 Å². The molecule has 116 valence electrons. The van der Waals surface area contributed by atoms with Crippen LogP contribution < -0.4 is 5.32 Å². The number of amides is 1. The maximum Gasteiger partial charge on any atom is 0.255 e. The molecule has 0 bridgehead atoms. The number of hydrogen-bond acceptors (Lipinski definition) is 2. The van der Waals surface area contributed by atoms with Gasteiger partial charge in [0.15, 0.2) is 0 Å². The second kappa shape index (κ2) is 7.41. The average molecular weight is 417 g/mol. The Morgan fingerprint density at radius 2 is 1.83 bits per heavy atom. The molecule has 3 aromatic rings. The molecule has 1 aromatic heterocycles. The van der Waals surface area contributed by atoms with E-state index in [1.165, 1.54) is 5.56 Å². The molecule has 0 unspecified atom stereocenters. The van der Waals surface area contributed by atoms with E-state index in [9.17, 15) is 4.79 Å². The van der Waals surface area contributed by atoms with Crippen molar-refractivity contribution in [2.75, 3.05) is 5.32 Å². The van der Waals surface area contributed by atoms with Gasteiger partial charge in [0.2, 0.25) is 0 Å². The van der Waals surface area contributed by atoms with E-state index in [4.69, 9.17) is 0 Å². The molecule has 5 heteroatoms. The summed E-state index contributed by atoms with van der Waals surface area (Å²) in [5.41, 5.74) is 2.62. The van der Waals surface area contributed by atoms with Crippen LogP contribution in [0.4, 0.5) is 5.69 Å². The lowest BCUT2D eigenvalue weighted by Gasteiger charge is -2.03. The Bertz CT molecular complexity index is 782. The molecule has 23 heavy (non-hydrogen) atoms. The Morgan fingerprint density at radius 3 is 2.57 bits per heavy atom. The van der Waals surface area contributed by atoms with E-state index in [1.807, 2.05) is 53.3 Å². The predicted molar refractivity (Wildman–Crippen MR) is 99.5 cm³/mol. The largest absolute Gasteiger partial charge is 0.319 e. The van der Waals surface area contributed by atoms with Crippen LogP contribution in [0.3, 0.4) is 0 Å². The van der Waals surface area contributed by atoms with Gasteiger partial charge in [-0.1, -0.05) is 30.3 Å². The highest BCUT2D eigenvalue weighted by Gasteiger charge is 2.07. The third kappa shape index (κ3) is 4.41. The summed E-state index contributed by atoms with van der Waals surface area (Å²) in [6.07, 6.45) is 4.44. The summed E-state index contributed by atoms with van der Waals surface area (Å²) in [6, 6.07) is 17.7. The highest BCUT2D eigenvalue weighted by atomic mass is 127. The number of carbonyl (C=O) groups excluding carboxylic acids is 1. The third-order valence-electron chi connectivity index (χ3n) is 3.47. The molecule has 0 aliphatic heterocycles. The highest BCUT2D eigenvalue weighted by molar-refractivity contribution is 14.1. The molecule has 0 saturated heterocycles. The van der Waals surface area contributed by atoms with Gasteiger partial charge in [-0.3, -0.25) is 9.48 Å². The molecule has 2 aromatic carbocycles. The van der Waals surface area contributed by atoms with Crippen molar-refractivity contribution in [3.05, 3.63) is 81.7 Å². The number of rotatable bonds is 5. The highest BCUT2D eigenvalue weighted by Crippen LogP contribution is 2.11. The molecule has 3 rings (SSSR count). The molecule has 0 spiro atoms. The van der Waals surface area contributed by atoms with E-state index in [2.05, 4.69) is 45.1 Å². The number of anilines is 1. The van der Waals surface area contributed by atoms with Crippen molar-refractivity contribution in [3.63, 3.8) is 0 Å². The smallest absolute Gasteiger partial charge is 0.255 e. The number of nitrogens with one attached hydrogen (secondary N) is 1. The van der Waals surface area contributed by atoms with Crippen LogP contribution in [0, 0.1) is 3.57 Å². The van der Waals surface area contributed by atoms with Gasteiger partial charge in [0.05, 0.1) is 11.9 Å². The van der Waals surface area contributed by atoms with Crippen LogP contribution in [0.1, 0.15) is 15.9 Å². The number of nitrogens with zero attached hydrogens (tertiary/aromatic N) is 2. The maximum atomic E-state index is 12.2. The van der Waals surface area contributed by atoms with E-state index in [-0.39, 0.29) is 5.91 Å². The summed E-state index contributed by atoms with van der Waals surface area (Å²) in [5, 5.41) is 7.16. The summed E-state index contributed by atoms with van der Waals surface area (Å²) < 4.78 is 2.95. The Balaban J connectivity index is 1.58. The summed E-state index contributed by atoms with van der Waals surface area (Å²) in [7, 11) is 0. The van der Waals surface area contributed by atoms with E-state index in [0.29, 0.717) is 11.3 Å². The SMILES string of the molecule is O=C(Nc1cnn(CCc2ccccc2)c1)c1ccc(I)cc1. The Labute approximate surface area is 148 Å². The normalized spacial score (nSPS) is 10.5. The van der Waals surface area contributed by atoms with Gasteiger partial charge in [0.1, 0.15) is 0 Å². The minimum absolute atomic E-state index is 0.121. The molecule has 4 nitrogen and oxygen atoms in total. The fourth-order valence-corrected chi connectivity index (χ4v) is 2.60. The van der Waals surface area contributed by atoms with Crippen LogP contribution in [0.2, 0.25) is 0 Å². The number of carbonyl (C=O) groups is 1.